The van der Waals surface area contributed by atoms with Crippen LogP contribution < -0.4 is 15.4 Å². The Labute approximate surface area is 194 Å². The Morgan fingerprint density at radius 3 is 2.15 bits per heavy atom. The zero-order valence-electron chi connectivity index (χ0n) is 18.7. The highest BCUT2D eigenvalue weighted by molar-refractivity contribution is 5.94. The van der Waals surface area contributed by atoms with Crippen LogP contribution in [0, 0.1) is 5.41 Å². The van der Waals surface area contributed by atoms with Crippen molar-refractivity contribution in [3.63, 3.8) is 0 Å². The zero-order chi connectivity index (χ0) is 24.9. The summed E-state index contributed by atoms with van der Waals surface area (Å²) in [4.78, 5) is 32.4. The summed E-state index contributed by atoms with van der Waals surface area (Å²) in [6.07, 6.45) is -3.22. The van der Waals surface area contributed by atoms with Gasteiger partial charge in [0.25, 0.3) is 0 Å². The predicted molar refractivity (Wildman–Crippen MR) is 120 cm³/mol. The van der Waals surface area contributed by atoms with Crippen molar-refractivity contribution in [3.05, 3.63) is 72.1 Å². The smallest absolute Gasteiger partial charge is 0.416 e. The highest BCUT2D eigenvalue weighted by atomic mass is 19.4. The van der Waals surface area contributed by atoms with E-state index in [1.165, 1.54) is 24.5 Å². The number of anilines is 2. The van der Waals surface area contributed by atoms with Crippen LogP contribution >= 0.6 is 0 Å². The monoisotopic (exact) mass is 472 g/mol. The van der Waals surface area contributed by atoms with Crippen molar-refractivity contribution in [1.82, 2.24) is 9.97 Å². The number of alkyl halides is 3. The van der Waals surface area contributed by atoms with Crippen molar-refractivity contribution in [3.8, 4) is 11.6 Å². The molecule has 0 saturated carbocycles. The summed E-state index contributed by atoms with van der Waals surface area (Å²) >= 11 is 0. The van der Waals surface area contributed by atoms with Crippen LogP contribution in [0.15, 0.2) is 60.9 Å². The minimum absolute atomic E-state index is 0.0691. The van der Waals surface area contributed by atoms with Gasteiger partial charge in [0.2, 0.25) is 17.7 Å². The largest absolute Gasteiger partial charge is 0.439 e. The van der Waals surface area contributed by atoms with Crippen molar-refractivity contribution < 1.29 is 27.5 Å². The molecule has 10 heteroatoms. The molecule has 7 nitrogen and oxygen atoms in total. The molecule has 3 aromatic rings. The van der Waals surface area contributed by atoms with Gasteiger partial charge in [0, 0.05) is 17.2 Å². The minimum atomic E-state index is -4.42. The standard InChI is InChI=1S/C24H23F3N4O3/c1-23(2,3)22(33)31-19-13-21(29-14-28-19)34-18-10-8-17(9-11-18)30-20(32)12-15-4-6-16(7-5-15)24(25,26)27/h4-11,13-14H,12H2,1-3H3,(H,30,32)(H,28,29,31,33). The van der Waals surface area contributed by atoms with Crippen molar-refractivity contribution in [2.75, 3.05) is 10.6 Å². The number of ether oxygens (including phenoxy) is 1. The highest BCUT2D eigenvalue weighted by Crippen LogP contribution is 2.29. The Hall–Kier alpha value is -3.95. The summed E-state index contributed by atoms with van der Waals surface area (Å²) in [6.45, 7) is 5.35. The molecule has 2 aromatic carbocycles. The molecular weight excluding hydrogens is 449 g/mol. The van der Waals surface area contributed by atoms with Crippen LogP contribution in [-0.4, -0.2) is 21.8 Å². The molecule has 0 bridgehead atoms. The van der Waals surface area contributed by atoms with Crippen LogP contribution in [-0.2, 0) is 22.2 Å². The van der Waals surface area contributed by atoms with Crippen LogP contribution in [0.5, 0.6) is 11.6 Å². The third kappa shape index (κ3) is 7.03. The van der Waals surface area contributed by atoms with Gasteiger partial charge in [-0.05, 0) is 42.0 Å². The number of nitrogens with one attached hydrogen (secondary N) is 2. The molecule has 0 fully saturated rings. The van der Waals surface area contributed by atoms with E-state index in [0.717, 1.165) is 12.1 Å². The van der Waals surface area contributed by atoms with E-state index in [-0.39, 0.29) is 24.1 Å². The normalized spacial score (nSPS) is 11.6. The summed E-state index contributed by atoms with van der Waals surface area (Å²) in [5.74, 6) is 0.389. The summed E-state index contributed by atoms with van der Waals surface area (Å²) < 4.78 is 43.6. The highest BCUT2D eigenvalue weighted by Gasteiger charge is 2.30. The molecule has 0 unspecified atom stereocenters. The van der Waals surface area contributed by atoms with Gasteiger partial charge in [0.1, 0.15) is 17.9 Å². The fraction of sp³-hybridized carbons (Fsp3) is 0.250. The Morgan fingerprint density at radius 1 is 0.912 bits per heavy atom. The summed E-state index contributed by atoms with van der Waals surface area (Å²) in [5.41, 5.74) is -0.396. The molecule has 0 saturated heterocycles. The lowest BCUT2D eigenvalue weighted by molar-refractivity contribution is -0.137. The van der Waals surface area contributed by atoms with E-state index in [1.807, 2.05) is 0 Å². The van der Waals surface area contributed by atoms with Crippen LogP contribution in [0.3, 0.4) is 0 Å². The van der Waals surface area contributed by atoms with Crippen molar-refractivity contribution in [2.24, 2.45) is 5.41 Å². The van der Waals surface area contributed by atoms with Gasteiger partial charge in [-0.2, -0.15) is 13.2 Å². The number of rotatable bonds is 6. The number of hydrogen-bond donors (Lipinski definition) is 2. The Bertz CT molecular complexity index is 1160. The molecular formula is C24H23F3N4O3. The molecule has 0 spiro atoms. The lowest BCUT2D eigenvalue weighted by Crippen LogP contribution is -2.28. The fourth-order valence-electron chi connectivity index (χ4n) is 2.70. The van der Waals surface area contributed by atoms with Gasteiger partial charge in [0.15, 0.2) is 0 Å². The van der Waals surface area contributed by atoms with Gasteiger partial charge in [-0.15, -0.1) is 0 Å². The minimum Gasteiger partial charge on any atom is -0.439 e. The molecule has 1 aromatic heterocycles. The van der Waals surface area contributed by atoms with Gasteiger partial charge in [-0.1, -0.05) is 32.9 Å². The number of halogens is 3. The quantitative estimate of drug-likeness (QED) is 0.497. The van der Waals surface area contributed by atoms with Gasteiger partial charge in [-0.25, -0.2) is 9.97 Å². The average Bonchev–Trinajstić information content (AvgIpc) is 2.74. The molecule has 0 aliphatic carbocycles. The number of benzene rings is 2. The van der Waals surface area contributed by atoms with Gasteiger partial charge < -0.3 is 15.4 Å². The number of nitrogens with zero attached hydrogens (tertiary/aromatic N) is 2. The van der Waals surface area contributed by atoms with Crippen LogP contribution in [0.2, 0.25) is 0 Å². The molecule has 0 atom stereocenters. The van der Waals surface area contributed by atoms with Gasteiger partial charge in [0.05, 0.1) is 12.0 Å². The van der Waals surface area contributed by atoms with E-state index >= 15 is 0 Å². The molecule has 2 N–H and O–H groups in total. The number of carbonyl (C=O) groups excluding carboxylic acids is 2. The first-order valence-electron chi connectivity index (χ1n) is 10.3. The first-order valence-corrected chi connectivity index (χ1v) is 10.3. The molecule has 0 aliphatic heterocycles. The van der Waals surface area contributed by atoms with Crippen LogP contribution in [0.25, 0.3) is 0 Å². The van der Waals surface area contributed by atoms with Gasteiger partial charge >= 0.3 is 6.18 Å². The molecule has 3 rings (SSSR count). The number of amides is 2. The maximum absolute atomic E-state index is 12.6. The van der Waals surface area contributed by atoms with E-state index in [4.69, 9.17) is 4.74 Å². The van der Waals surface area contributed by atoms with E-state index in [1.54, 1.807) is 45.0 Å². The fourth-order valence-corrected chi connectivity index (χ4v) is 2.70. The van der Waals surface area contributed by atoms with E-state index in [2.05, 4.69) is 20.6 Å². The van der Waals surface area contributed by atoms with Crippen LogP contribution in [0.1, 0.15) is 31.9 Å². The molecule has 1 heterocycles. The number of carbonyl (C=O) groups is 2. The Morgan fingerprint density at radius 2 is 1.56 bits per heavy atom. The van der Waals surface area contributed by atoms with E-state index < -0.39 is 17.2 Å². The number of aromatic nitrogens is 2. The summed E-state index contributed by atoms with van der Waals surface area (Å²) in [5, 5.41) is 5.38. The average molecular weight is 472 g/mol. The first-order chi connectivity index (χ1) is 15.9. The Balaban J connectivity index is 1.56. The maximum atomic E-state index is 12.6. The maximum Gasteiger partial charge on any atom is 0.416 e. The number of hydrogen-bond acceptors (Lipinski definition) is 5. The van der Waals surface area contributed by atoms with Crippen LogP contribution in [0.4, 0.5) is 24.7 Å². The molecule has 2 amide bonds. The second-order valence-electron chi connectivity index (χ2n) is 8.49. The predicted octanol–water partition coefficient (Wildman–Crippen LogP) is 5.45. The van der Waals surface area contributed by atoms with Gasteiger partial charge in [-0.3, -0.25) is 9.59 Å². The third-order valence-electron chi connectivity index (χ3n) is 4.57. The summed E-state index contributed by atoms with van der Waals surface area (Å²) in [6, 6.07) is 12.4. The zero-order valence-corrected chi connectivity index (χ0v) is 18.7. The molecule has 0 radical (unpaired) electrons. The third-order valence-corrected chi connectivity index (χ3v) is 4.57. The van der Waals surface area contributed by atoms with E-state index in [0.29, 0.717) is 22.8 Å². The second kappa shape index (κ2) is 9.90. The lowest BCUT2D eigenvalue weighted by atomic mass is 9.96. The van der Waals surface area contributed by atoms with Crippen molar-refractivity contribution in [2.45, 2.75) is 33.4 Å². The van der Waals surface area contributed by atoms with Crippen molar-refractivity contribution in [1.29, 1.82) is 0 Å². The lowest BCUT2D eigenvalue weighted by Gasteiger charge is -2.17. The first kappa shape index (κ1) is 24.7. The second-order valence-corrected chi connectivity index (χ2v) is 8.49. The van der Waals surface area contributed by atoms with E-state index in [9.17, 15) is 22.8 Å². The Kier molecular flexibility index (Phi) is 7.19. The molecule has 34 heavy (non-hydrogen) atoms. The molecule has 178 valence electrons. The van der Waals surface area contributed by atoms with Crippen molar-refractivity contribution >= 4 is 23.3 Å². The SMILES string of the molecule is CC(C)(C)C(=O)Nc1cc(Oc2ccc(NC(=O)Cc3ccc(C(F)(F)F)cc3)cc2)ncn1. The summed E-state index contributed by atoms with van der Waals surface area (Å²) in [7, 11) is 0. The molecule has 0 aliphatic rings. The topological polar surface area (TPSA) is 93.2 Å².